The van der Waals surface area contributed by atoms with Gasteiger partial charge in [-0.3, -0.25) is 0 Å². The Morgan fingerprint density at radius 3 is 3.25 bits per heavy atom. The minimum atomic E-state index is -0.158. The molecule has 2 rings (SSSR count). The fraction of sp³-hybridized carbons (Fsp3) is 0.167. The molecule has 1 aromatic rings. The van der Waals surface area contributed by atoms with Crippen molar-refractivity contribution in [2.45, 2.75) is 0 Å². The highest BCUT2D eigenvalue weighted by molar-refractivity contribution is 7.13. The first-order chi connectivity index (χ1) is 5.88. The second-order valence-electron chi connectivity index (χ2n) is 2.16. The number of hydrogen-bond acceptors (Lipinski definition) is 4. The van der Waals surface area contributed by atoms with Crippen LogP contribution in [-0.4, -0.2) is 22.8 Å². The zero-order chi connectivity index (χ0) is 8.39. The molecule has 0 unspecified atom stereocenters. The predicted molar refractivity (Wildman–Crippen MR) is 44.9 cm³/mol. The van der Waals surface area contributed by atoms with Gasteiger partial charge in [0.2, 0.25) is 5.13 Å². The van der Waals surface area contributed by atoms with Crippen molar-refractivity contribution >= 4 is 22.5 Å². The fourth-order valence-electron chi connectivity index (χ4n) is 0.880. The molecular formula is C6H6N4OS. The molecule has 1 aliphatic heterocycles. The molecule has 1 aromatic heterocycles. The standard InChI is InChI=1S/C6H6N4OS/c11-5-7-2-1-3-10(5)6-9-8-4-12-6/h1,3-4H,2H2,(H,7,11). The molecule has 0 bridgehead atoms. The van der Waals surface area contributed by atoms with E-state index in [4.69, 9.17) is 0 Å². The molecule has 1 aliphatic rings. The Morgan fingerprint density at radius 2 is 2.58 bits per heavy atom. The zero-order valence-corrected chi connectivity index (χ0v) is 6.91. The largest absolute Gasteiger partial charge is 0.334 e. The fourth-order valence-corrected chi connectivity index (χ4v) is 1.42. The minimum Gasteiger partial charge on any atom is -0.334 e. The number of carbonyl (C=O) groups is 1. The summed E-state index contributed by atoms with van der Waals surface area (Å²) in [5, 5.41) is 10.7. The lowest BCUT2D eigenvalue weighted by Gasteiger charge is -2.18. The lowest BCUT2D eigenvalue weighted by molar-refractivity contribution is 0.248. The van der Waals surface area contributed by atoms with E-state index in [0.717, 1.165) is 0 Å². The molecule has 0 radical (unpaired) electrons. The number of aromatic nitrogens is 2. The summed E-state index contributed by atoms with van der Waals surface area (Å²) in [6, 6.07) is -0.158. The van der Waals surface area contributed by atoms with Crippen molar-refractivity contribution in [1.29, 1.82) is 0 Å². The second-order valence-corrected chi connectivity index (χ2v) is 2.97. The maximum absolute atomic E-state index is 11.2. The Bertz CT molecular complexity index is 307. The van der Waals surface area contributed by atoms with E-state index < -0.39 is 0 Å². The van der Waals surface area contributed by atoms with Gasteiger partial charge in [0.15, 0.2) is 0 Å². The third-order valence-corrected chi connectivity index (χ3v) is 2.09. The number of nitrogens with one attached hydrogen (secondary N) is 1. The van der Waals surface area contributed by atoms with Crippen LogP contribution < -0.4 is 10.2 Å². The van der Waals surface area contributed by atoms with E-state index in [0.29, 0.717) is 11.7 Å². The first-order valence-corrected chi connectivity index (χ1v) is 4.26. The van der Waals surface area contributed by atoms with Crippen LogP contribution in [0.5, 0.6) is 0 Å². The van der Waals surface area contributed by atoms with Crippen LogP contribution in [0.1, 0.15) is 0 Å². The summed E-state index contributed by atoms with van der Waals surface area (Å²) in [7, 11) is 0. The number of rotatable bonds is 1. The quantitative estimate of drug-likeness (QED) is 0.691. The number of anilines is 1. The maximum atomic E-state index is 11.2. The van der Waals surface area contributed by atoms with Crippen molar-refractivity contribution in [3.05, 3.63) is 17.8 Å². The Morgan fingerprint density at radius 1 is 1.67 bits per heavy atom. The first kappa shape index (κ1) is 7.23. The summed E-state index contributed by atoms with van der Waals surface area (Å²) in [6.07, 6.45) is 3.54. The molecule has 1 N–H and O–H groups in total. The molecule has 2 heterocycles. The van der Waals surface area contributed by atoms with Crippen LogP contribution in [-0.2, 0) is 0 Å². The van der Waals surface area contributed by atoms with Crippen LogP contribution in [0, 0.1) is 0 Å². The van der Waals surface area contributed by atoms with Crippen LogP contribution in [0.2, 0.25) is 0 Å². The topological polar surface area (TPSA) is 58.1 Å². The van der Waals surface area contributed by atoms with Gasteiger partial charge in [-0.2, -0.15) is 0 Å². The Balaban J connectivity index is 2.28. The molecular weight excluding hydrogens is 176 g/mol. The smallest absolute Gasteiger partial charge is 0.328 e. The normalized spacial score (nSPS) is 16.3. The van der Waals surface area contributed by atoms with Gasteiger partial charge in [-0.25, -0.2) is 9.69 Å². The van der Waals surface area contributed by atoms with E-state index in [9.17, 15) is 4.79 Å². The summed E-state index contributed by atoms with van der Waals surface area (Å²) < 4.78 is 0. The molecule has 0 saturated heterocycles. The molecule has 0 saturated carbocycles. The number of amides is 2. The molecule has 0 spiro atoms. The predicted octanol–water partition coefficient (Wildman–Crippen LogP) is 0.581. The van der Waals surface area contributed by atoms with Gasteiger partial charge >= 0.3 is 6.03 Å². The second kappa shape index (κ2) is 2.90. The zero-order valence-electron chi connectivity index (χ0n) is 6.10. The summed E-state index contributed by atoms with van der Waals surface area (Å²) in [6.45, 7) is 0.578. The monoisotopic (exact) mass is 182 g/mol. The average Bonchev–Trinajstić information content (AvgIpc) is 2.57. The van der Waals surface area contributed by atoms with Gasteiger partial charge in [0.25, 0.3) is 0 Å². The molecule has 6 heteroatoms. The van der Waals surface area contributed by atoms with E-state index in [1.54, 1.807) is 11.7 Å². The van der Waals surface area contributed by atoms with Gasteiger partial charge in [-0.05, 0) is 6.08 Å². The molecule has 0 atom stereocenters. The SMILES string of the molecule is O=C1NCC=CN1c1nncs1. The average molecular weight is 182 g/mol. The maximum Gasteiger partial charge on any atom is 0.328 e. The molecule has 5 nitrogen and oxygen atoms in total. The van der Waals surface area contributed by atoms with Crippen molar-refractivity contribution in [2.75, 3.05) is 11.4 Å². The molecule has 0 fully saturated rings. The van der Waals surface area contributed by atoms with Crippen molar-refractivity contribution in [2.24, 2.45) is 0 Å². The number of hydrogen-bond donors (Lipinski definition) is 1. The van der Waals surface area contributed by atoms with Gasteiger partial charge < -0.3 is 5.32 Å². The summed E-state index contributed by atoms with van der Waals surface area (Å²) in [4.78, 5) is 12.6. The Hall–Kier alpha value is -1.43. The Labute approximate surface area is 72.7 Å². The van der Waals surface area contributed by atoms with Gasteiger partial charge in [0, 0.05) is 12.7 Å². The van der Waals surface area contributed by atoms with Crippen LogP contribution in [0.15, 0.2) is 17.8 Å². The van der Waals surface area contributed by atoms with E-state index >= 15 is 0 Å². The van der Waals surface area contributed by atoms with Crippen molar-refractivity contribution < 1.29 is 4.79 Å². The van der Waals surface area contributed by atoms with Gasteiger partial charge in [-0.1, -0.05) is 11.3 Å². The van der Waals surface area contributed by atoms with Crippen molar-refractivity contribution in [3.63, 3.8) is 0 Å². The van der Waals surface area contributed by atoms with Crippen LogP contribution >= 0.6 is 11.3 Å². The highest BCUT2D eigenvalue weighted by Gasteiger charge is 2.17. The molecule has 2 amide bonds. The van der Waals surface area contributed by atoms with Crippen molar-refractivity contribution in [3.8, 4) is 0 Å². The third kappa shape index (κ3) is 1.16. The summed E-state index contributed by atoms with van der Waals surface area (Å²) >= 11 is 1.32. The van der Waals surface area contributed by atoms with E-state index in [1.807, 2.05) is 6.08 Å². The third-order valence-electron chi connectivity index (χ3n) is 1.40. The van der Waals surface area contributed by atoms with Crippen LogP contribution in [0.4, 0.5) is 9.93 Å². The summed E-state index contributed by atoms with van der Waals surface area (Å²) in [5.74, 6) is 0. The molecule has 62 valence electrons. The molecule has 0 aromatic carbocycles. The lowest BCUT2D eigenvalue weighted by Crippen LogP contribution is -2.39. The van der Waals surface area contributed by atoms with Gasteiger partial charge in [0.05, 0.1) is 0 Å². The van der Waals surface area contributed by atoms with Crippen molar-refractivity contribution in [1.82, 2.24) is 15.5 Å². The van der Waals surface area contributed by atoms with E-state index in [-0.39, 0.29) is 6.03 Å². The number of carbonyl (C=O) groups excluding carboxylic acids is 1. The van der Waals surface area contributed by atoms with E-state index in [1.165, 1.54) is 16.2 Å². The van der Waals surface area contributed by atoms with Crippen LogP contribution in [0.3, 0.4) is 0 Å². The lowest BCUT2D eigenvalue weighted by atomic mass is 10.5. The Kier molecular flexibility index (Phi) is 1.75. The van der Waals surface area contributed by atoms with Gasteiger partial charge in [-0.15, -0.1) is 10.2 Å². The number of nitrogens with zero attached hydrogens (tertiary/aromatic N) is 3. The molecule has 12 heavy (non-hydrogen) atoms. The summed E-state index contributed by atoms with van der Waals surface area (Å²) in [5.41, 5.74) is 1.59. The highest BCUT2D eigenvalue weighted by atomic mass is 32.1. The van der Waals surface area contributed by atoms with Gasteiger partial charge in [0.1, 0.15) is 5.51 Å². The van der Waals surface area contributed by atoms with Crippen LogP contribution in [0.25, 0.3) is 0 Å². The first-order valence-electron chi connectivity index (χ1n) is 3.38. The number of urea groups is 1. The van der Waals surface area contributed by atoms with E-state index in [2.05, 4.69) is 15.5 Å². The minimum absolute atomic E-state index is 0.158. The molecule has 0 aliphatic carbocycles. The highest BCUT2D eigenvalue weighted by Crippen LogP contribution is 2.16.